The van der Waals surface area contributed by atoms with Crippen LogP contribution in [0.4, 0.5) is 11.4 Å². The molecule has 3 rings (SSSR count). The SMILES string of the molecule is CC1=C(C(=O)O)C(c2cccc([N+](=O)[O-])c2)C(C(=O)OCCCNCCNc2ccccc2)=C(C)N1. The number of non-ortho nitro benzene ring substituents is 1. The van der Waals surface area contributed by atoms with Crippen LogP contribution >= 0.6 is 0 Å². The van der Waals surface area contributed by atoms with E-state index in [1.165, 1.54) is 18.2 Å². The van der Waals surface area contributed by atoms with Gasteiger partial charge in [-0.1, -0.05) is 30.3 Å². The monoisotopic (exact) mass is 494 g/mol. The van der Waals surface area contributed by atoms with E-state index < -0.39 is 22.8 Å². The van der Waals surface area contributed by atoms with Gasteiger partial charge in [-0.15, -0.1) is 0 Å². The molecule has 190 valence electrons. The number of carboxylic acid groups (broad SMARTS) is 1. The van der Waals surface area contributed by atoms with E-state index in [-0.39, 0.29) is 23.4 Å². The normalized spacial score (nSPS) is 15.3. The Balaban J connectivity index is 1.61. The molecule has 4 N–H and O–H groups in total. The van der Waals surface area contributed by atoms with Gasteiger partial charge in [-0.05, 0) is 44.5 Å². The lowest BCUT2D eigenvalue weighted by molar-refractivity contribution is -0.384. The minimum absolute atomic E-state index is 0.0550. The van der Waals surface area contributed by atoms with E-state index in [2.05, 4.69) is 16.0 Å². The van der Waals surface area contributed by atoms with Crippen LogP contribution in [0.2, 0.25) is 0 Å². The maximum Gasteiger partial charge on any atom is 0.336 e. The number of carboxylic acids is 1. The molecule has 0 spiro atoms. The first-order valence-electron chi connectivity index (χ1n) is 11.6. The molecule has 0 saturated carbocycles. The highest BCUT2D eigenvalue weighted by Gasteiger charge is 2.37. The lowest BCUT2D eigenvalue weighted by Crippen LogP contribution is -2.32. The first-order chi connectivity index (χ1) is 17.3. The Hall–Kier alpha value is -4.18. The lowest BCUT2D eigenvalue weighted by Gasteiger charge is -2.29. The standard InChI is InChI=1S/C26H30N4O6/c1-17-22(25(31)32)24(19-8-6-11-21(16-19)30(34)35)23(18(2)29-17)26(33)36-15-7-12-27-13-14-28-20-9-4-3-5-10-20/h3-6,8-11,16,24,27-29H,7,12-15H2,1-2H3,(H,31,32). The molecular weight excluding hydrogens is 464 g/mol. The second-order valence-electron chi connectivity index (χ2n) is 8.32. The van der Waals surface area contributed by atoms with Crippen LogP contribution in [0.1, 0.15) is 31.7 Å². The molecule has 10 heteroatoms. The molecule has 10 nitrogen and oxygen atoms in total. The third-order valence-corrected chi connectivity index (χ3v) is 5.76. The molecule has 0 radical (unpaired) electrons. The lowest BCUT2D eigenvalue weighted by atomic mass is 9.80. The van der Waals surface area contributed by atoms with Gasteiger partial charge in [0.2, 0.25) is 0 Å². The second kappa shape index (κ2) is 12.5. The number of rotatable bonds is 12. The number of aliphatic carboxylic acids is 1. The quantitative estimate of drug-likeness (QED) is 0.151. The summed E-state index contributed by atoms with van der Waals surface area (Å²) in [5, 5.41) is 30.7. The Kier molecular flexibility index (Phi) is 9.18. The number of ether oxygens (including phenoxy) is 1. The summed E-state index contributed by atoms with van der Waals surface area (Å²) in [4.78, 5) is 35.9. The molecular formula is C26H30N4O6. The minimum atomic E-state index is -1.22. The summed E-state index contributed by atoms with van der Waals surface area (Å²) < 4.78 is 5.48. The Bertz CT molecular complexity index is 1180. The molecule has 0 aliphatic carbocycles. The highest BCUT2D eigenvalue weighted by molar-refractivity contribution is 5.99. The number of nitro benzene ring substituents is 1. The molecule has 0 amide bonds. The van der Waals surface area contributed by atoms with E-state index in [4.69, 9.17) is 4.74 Å². The van der Waals surface area contributed by atoms with Gasteiger partial charge < -0.3 is 25.8 Å². The summed E-state index contributed by atoms with van der Waals surface area (Å²) in [6, 6.07) is 15.5. The van der Waals surface area contributed by atoms with Crippen molar-refractivity contribution in [3.63, 3.8) is 0 Å². The first-order valence-corrected chi connectivity index (χ1v) is 11.6. The third-order valence-electron chi connectivity index (χ3n) is 5.76. The van der Waals surface area contributed by atoms with E-state index in [0.717, 1.165) is 18.8 Å². The zero-order valence-corrected chi connectivity index (χ0v) is 20.2. The van der Waals surface area contributed by atoms with Crippen molar-refractivity contribution in [1.82, 2.24) is 10.6 Å². The second-order valence-corrected chi connectivity index (χ2v) is 8.32. The van der Waals surface area contributed by atoms with Crippen molar-refractivity contribution in [3.8, 4) is 0 Å². The maximum absolute atomic E-state index is 13.1. The van der Waals surface area contributed by atoms with Crippen molar-refractivity contribution in [1.29, 1.82) is 0 Å². The average molecular weight is 495 g/mol. The average Bonchev–Trinajstić information content (AvgIpc) is 2.85. The fraction of sp³-hybridized carbons (Fsp3) is 0.308. The van der Waals surface area contributed by atoms with Gasteiger partial charge in [0.1, 0.15) is 0 Å². The van der Waals surface area contributed by atoms with Gasteiger partial charge in [0.15, 0.2) is 0 Å². The maximum atomic E-state index is 13.1. The van der Waals surface area contributed by atoms with Crippen molar-refractivity contribution in [2.45, 2.75) is 26.2 Å². The van der Waals surface area contributed by atoms with Crippen molar-refractivity contribution >= 4 is 23.3 Å². The summed E-state index contributed by atoms with van der Waals surface area (Å²) in [6.45, 7) is 5.51. The number of hydrogen-bond acceptors (Lipinski definition) is 8. The van der Waals surface area contributed by atoms with Crippen molar-refractivity contribution in [2.75, 3.05) is 31.6 Å². The molecule has 36 heavy (non-hydrogen) atoms. The van der Waals surface area contributed by atoms with Gasteiger partial charge >= 0.3 is 11.9 Å². The van der Waals surface area contributed by atoms with Gasteiger partial charge in [0, 0.05) is 42.3 Å². The molecule has 1 aliphatic heterocycles. The van der Waals surface area contributed by atoms with Crippen LogP contribution in [0.3, 0.4) is 0 Å². The molecule has 1 heterocycles. The number of benzene rings is 2. The van der Waals surface area contributed by atoms with Crippen LogP contribution in [-0.2, 0) is 14.3 Å². The molecule has 0 aromatic heterocycles. The van der Waals surface area contributed by atoms with E-state index in [0.29, 0.717) is 29.9 Å². The van der Waals surface area contributed by atoms with E-state index in [1.807, 2.05) is 30.3 Å². The Labute approximate surface area is 209 Å². The highest BCUT2D eigenvalue weighted by Crippen LogP contribution is 2.39. The van der Waals surface area contributed by atoms with Crippen LogP contribution < -0.4 is 16.0 Å². The third kappa shape index (κ3) is 6.70. The van der Waals surface area contributed by atoms with E-state index in [9.17, 15) is 24.8 Å². The molecule has 1 aliphatic rings. The number of anilines is 1. The molecule has 0 saturated heterocycles. The minimum Gasteiger partial charge on any atom is -0.478 e. The number of allylic oxidation sites excluding steroid dienone is 2. The fourth-order valence-electron chi connectivity index (χ4n) is 4.12. The van der Waals surface area contributed by atoms with Crippen molar-refractivity contribution in [2.24, 2.45) is 0 Å². The number of dihydropyridines is 1. The number of nitrogens with one attached hydrogen (secondary N) is 3. The smallest absolute Gasteiger partial charge is 0.336 e. The Morgan fingerprint density at radius 2 is 1.75 bits per heavy atom. The number of hydrogen-bond donors (Lipinski definition) is 4. The molecule has 1 unspecified atom stereocenters. The predicted molar refractivity (Wildman–Crippen MR) is 135 cm³/mol. The van der Waals surface area contributed by atoms with Crippen LogP contribution in [0.25, 0.3) is 0 Å². The zero-order chi connectivity index (χ0) is 26.1. The summed E-state index contributed by atoms with van der Waals surface area (Å²) in [6.07, 6.45) is 0.568. The number of nitrogens with zero attached hydrogens (tertiary/aromatic N) is 1. The van der Waals surface area contributed by atoms with Crippen molar-refractivity contribution < 1.29 is 24.4 Å². The molecule has 1 atom stereocenters. The Morgan fingerprint density at radius 1 is 1.03 bits per heavy atom. The number of para-hydroxylation sites is 1. The van der Waals surface area contributed by atoms with Gasteiger partial charge in [0.25, 0.3) is 5.69 Å². The summed E-state index contributed by atoms with van der Waals surface area (Å²) in [5.41, 5.74) is 2.07. The summed E-state index contributed by atoms with van der Waals surface area (Å²) in [7, 11) is 0. The van der Waals surface area contributed by atoms with Gasteiger partial charge in [0.05, 0.1) is 28.6 Å². The number of nitro groups is 1. The van der Waals surface area contributed by atoms with E-state index >= 15 is 0 Å². The number of carbonyl (C=O) groups is 2. The highest BCUT2D eigenvalue weighted by atomic mass is 16.6. The molecule has 0 bridgehead atoms. The van der Waals surface area contributed by atoms with Crippen LogP contribution in [0, 0.1) is 10.1 Å². The summed E-state index contributed by atoms with van der Waals surface area (Å²) >= 11 is 0. The predicted octanol–water partition coefficient (Wildman–Crippen LogP) is 3.55. The summed E-state index contributed by atoms with van der Waals surface area (Å²) in [5.74, 6) is -2.88. The topological polar surface area (TPSA) is 143 Å². The van der Waals surface area contributed by atoms with Crippen molar-refractivity contribution in [3.05, 3.63) is 92.8 Å². The Morgan fingerprint density at radius 3 is 2.44 bits per heavy atom. The van der Waals surface area contributed by atoms with E-state index in [1.54, 1.807) is 19.9 Å². The zero-order valence-electron chi connectivity index (χ0n) is 20.2. The van der Waals surface area contributed by atoms with Gasteiger partial charge in [-0.2, -0.15) is 0 Å². The number of carbonyl (C=O) groups excluding carboxylic acids is 1. The molecule has 2 aromatic rings. The fourth-order valence-corrected chi connectivity index (χ4v) is 4.12. The molecule has 0 fully saturated rings. The first kappa shape index (κ1) is 26.4. The van der Waals surface area contributed by atoms with Gasteiger partial charge in [-0.3, -0.25) is 10.1 Å². The molecule has 2 aromatic carbocycles. The van der Waals surface area contributed by atoms with Gasteiger partial charge in [-0.25, -0.2) is 9.59 Å². The largest absolute Gasteiger partial charge is 0.478 e. The number of esters is 1. The van der Waals surface area contributed by atoms with Crippen LogP contribution in [0.5, 0.6) is 0 Å². The van der Waals surface area contributed by atoms with Crippen LogP contribution in [-0.4, -0.2) is 48.2 Å². The van der Waals surface area contributed by atoms with Crippen LogP contribution in [0.15, 0.2) is 77.1 Å².